The molecule has 2 heterocycles. The molecule has 0 spiro atoms. The van der Waals surface area contributed by atoms with Crippen LogP contribution in [0.4, 0.5) is 0 Å². The summed E-state index contributed by atoms with van der Waals surface area (Å²) in [6.45, 7) is 1.63. The Morgan fingerprint density at radius 1 is 1.52 bits per heavy atom. The van der Waals surface area contributed by atoms with Crippen LogP contribution in [0.2, 0.25) is 0 Å². The molecule has 0 aliphatic carbocycles. The Balaban J connectivity index is 1.95. The predicted octanol–water partition coefficient (Wildman–Crippen LogP) is -1.19. The van der Waals surface area contributed by atoms with E-state index in [-0.39, 0.29) is 17.6 Å². The summed E-state index contributed by atoms with van der Waals surface area (Å²) in [6, 6.07) is -0.0712. The maximum atomic E-state index is 12.1. The van der Waals surface area contributed by atoms with Gasteiger partial charge in [-0.25, -0.2) is 13.1 Å². The molecule has 1 saturated heterocycles. The SMILES string of the molecule is COCCN(C)C(=O)c1cn(C2CN(S(C)(=O)=O)C2)nn1. The number of ether oxygens (including phenoxy) is 1. The summed E-state index contributed by atoms with van der Waals surface area (Å²) in [5.74, 6) is -0.238. The van der Waals surface area contributed by atoms with Gasteiger partial charge in [-0.1, -0.05) is 5.21 Å². The first-order valence-corrected chi connectivity index (χ1v) is 8.29. The van der Waals surface area contributed by atoms with Gasteiger partial charge in [-0.05, 0) is 0 Å². The van der Waals surface area contributed by atoms with E-state index in [1.54, 1.807) is 25.0 Å². The van der Waals surface area contributed by atoms with Crippen molar-refractivity contribution in [2.24, 2.45) is 0 Å². The number of hydrogen-bond donors (Lipinski definition) is 0. The van der Waals surface area contributed by atoms with Gasteiger partial charge in [-0.15, -0.1) is 5.10 Å². The van der Waals surface area contributed by atoms with Gasteiger partial charge in [0.15, 0.2) is 5.69 Å². The molecule has 9 nitrogen and oxygen atoms in total. The summed E-state index contributed by atoms with van der Waals surface area (Å²) >= 11 is 0. The van der Waals surface area contributed by atoms with Crippen LogP contribution in [0.3, 0.4) is 0 Å². The Morgan fingerprint density at radius 3 is 2.76 bits per heavy atom. The van der Waals surface area contributed by atoms with E-state index >= 15 is 0 Å². The molecule has 0 saturated carbocycles. The third kappa shape index (κ3) is 3.57. The molecule has 0 atom stereocenters. The van der Waals surface area contributed by atoms with Crippen LogP contribution in [0.15, 0.2) is 6.20 Å². The summed E-state index contributed by atoms with van der Waals surface area (Å²) in [6.07, 6.45) is 2.72. The topological polar surface area (TPSA) is 97.6 Å². The van der Waals surface area contributed by atoms with Gasteiger partial charge in [0.25, 0.3) is 5.91 Å². The molecule has 1 aliphatic heterocycles. The Hall–Kier alpha value is -1.52. The van der Waals surface area contributed by atoms with Gasteiger partial charge in [0.05, 0.1) is 25.1 Å². The smallest absolute Gasteiger partial charge is 0.275 e. The van der Waals surface area contributed by atoms with Crippen molar-refractivity contribution in [2.45, 2.75) is 6.04 Å². The lowest BCUT2D eigenvalue weighted by molar-refractivity contribution is 0.0738. The van der Waals surface area contributed by atoms with Gasteiger partial charge in [0, 0.05) is 33.8 Å². The van der Waals surface area contributed by atoms with Gasteiger partial charge < -0.3 is 9.64 Å². The molecule has 118 valence electrons. The summed E-state index contributed by atoms with van der Waals surface area (Å²) in [5, 5.41) is 7.75. The fourth-order valence-electron chi connectivity index (χ4n) is 1.93. The van der Waals surface area contributed by atoms with Crippen LogP contribution in [0, 0.1) is 0 Å². The highest BCUT2D eigenvalue weighted by molar-refractivity contribution is 7.88. The first kappa shape index (κ1) is 15.9. The molecule has 1 aromatic rings. The van der Waals surface area contributed by atoms with Gasteiger partial charge in [0.2, 0.25) is 10.0 Å². The minimum atomic E-state index is -3.16. The molecule has 0 bridgehead atoms. The maximum absolute atomic E-state index is 12.1. The summed E-state index contributed by atoms with van der Waals surface area (Å²) in [7, 11) is 0.0725. The number of nitrogens with zero attached hydrogens (tertiary/aromatic N) is 5. The maximum Gasteiger partial charge on any atom is 0.275 e. The minimum absolute atomic E-state index is 0.0712. The Labute approximate surface area is 123 Å². The fourth-order valence-corrected chi connectivity index (χ4v) is 2.82. The number of hydrogen-bond acceptors (Lipinski definition) is 6. The molecule has 1 fully saturated rings. The molecule has 0 unspecified atom stereocenters. The first-order chi connectivity index (χ1) is 9.82. The third-order valence-electron chi connectivity index (χ3n) is 3.38. The molecule has 0 radical (unpaired) electrons. The van der Waals surface area contributed by atoms with Crippen molar-refractivity contribution in [3.8, 4) is 0 Å². The normalized spacial score (nSPS) is 16.7. The lowest BCUT2D eigenvalue weighted by atomic mass is 10.2. The van der Waals surface area contributed by atoms with E-state index in [0.717, 1.165) is 0 Å². The number of sulfonamides is 1. The van der Waals surface area contributed by atoms with Crippen LogP contribution < -0.4 is 0 Å². The molecule has 1 aliphatic rings. The largest absolute Gasteiger partial charge is 0.383 e. The van der Waals surface area contributed by atoms with E-state index in [9.17, 15) is 13.2 Å². The third-order valence-corrected chi connectivity index (χ3v) is 4.62. The number of carbonyl (C=O) groups is 1. The van der Waals surface area contributed by atoms with Crippen LogP contribution in [-0.4, -0.2) is 85.2 Å². The van der Waals surface area contributed by atoms with Crippen LogP contribution in [0.5, 0.6) is 0 Å². The van der Waals surface area contributed by atoms with E-state index < -0.39 is 10.0 Å². The highest BCUT2D eigenvalue weighted by Crippen LogP contribution is 2.22. The summed E-state index contributed by atoms with van der Waals surface area (Å²) < 4.78 is 30.4. The minimum Gasteiger partial charge on any atom is -0.383 e. The van der Waals surface area contributed by atoms with Crippen LogP contribution in [0.1, 0.15) is 16.5 Å². The highest BCUT2D eigenvalue weighted by atomic mass is 32.2. The van der Waals surface area contributed by atoms with E-state index in [4.69, 9.17) is 4.74 Å². The van der Waals surface area contributed by atoms with Crippen LogP contribution in [0.25, 0.3) is 0 Å². The molecular formula is C11H19N5O4S. The standard InChI is InChI=1S/C11H19N5O4S/c1-14(4-5-20-2)11(17)10-8-16(13-12-10)9-6-15(7-9)21(3,18)19/h8-9H,4-7H2,1-3H3. The van der Waals surface area contributed by atoms with E-state index in [0.29, 0.717) is 26.2 Å². The number of carbonyl (C=O) groups excluding carboxylic acids is 1. The molecule has 1 aromatic heterocycles. The summed E-state index contributed by atoms with van der Waals surface area (Å²) in [4.78, 5) is 13.6. The van der Waals surface area contributed by atoms with Crippen molar-refractivity contribution in [3.05, 3.63) is 11.9 Å². The van der Waals surface area contributed by atoms with E-state index in [2.05, 4.69) is 10.3 Å². The average molecular weight is 317 g/mol. The van der Waals surface area contributed by atoms with Crippen molar-refractivity contribution < 1.29 is 17.9 Å². The zero-order valence-corrected chi connectivity index (χ0v) is 13.1. The van der Waals surface area contributed by atoms with E-state index in [1.165, 1.54) is 15.5 Å². The van der Waals surface area contributed by atoms with Crippen molar-refractivity contribution in [1.29, 1.82) is 0 Å². The van der Waals surface area contributed by atoms with Crippen molar-refractivity contribution >= 4 is 15.9 Å². The number of amides is 1. The average Bonchev–Trinajstić information content (AvgIpc) is 2.80. The van der Waals surface area contributed by atoms with Crippen molar-refractivity contribution in [2.75, 3.05) is 46.7 Å². The molecule has 2 rings (SSSR count). The Morgan fingerprint density at radius 2 is 2.19 bits per heavy atom. The molecule has 0 N–H and O–H groups in total. The molecule has 0 aromatic carbocycles. The first-order valence-electron chi connectivity index (χ1n) is 6.44. The number of aromatic nitrogens is 3. The second-order valence-electron chi connectivity index (χ2n) is 5.04. The Kier molecular flexibility index (Phi) is 4.59. The van der Waals surface area contributed by atoms with Crippen molar-refractivity contribution in [1.82, 2.24) is 24.2 Å². The van der Waals surface area contributed by atoms with Gasteiger partial charge in [0.1, 0.15) is 0 Å². The number of likely N-dealkylation sites (N-methyl/N-ethyl adjacent to an activating group) is 1. The van der Waals surface area contributed by atoms with Crippen LogP contribution >= 0.6 is 0 Å². The highest BCUT2D eigenvalue weighted by Gasteiger charge is 2.35. The van der Waals surface area contributed by atoms with Crippen molar-refractivity contribution in [3.63, 3.8) is 0 Å². The quantitative estimate of drug-likeness (QED) is 0.654. The van der Waals surface area contributed by atoms with Gasteiger partial charge >= 0.3 is 0 Å². The lowest BCUT2D eigenvalue weighted by Crippen LogP contribution is -2.50. The fraction of sp³-hybridized carbons (Fsp3) is 0.727. The zero-order chi connectivity index (χ0) is 15.6. The van der Waals surface area contributed by atoms with Gasteiger partial charge in [-0.3, -0.25) is 4.79 Å². The lowest BCUT2D eigenvalue weighted by Gasteiger charge is -2.36. The molecular weight excluding hydrogens is 298 g/mol. The summed E-state index contributed by atoms with van der Waals surface area (Å²) in [5.41, 5.74) is 0.242. The predicted molar refractivity (Wildman–Crippen MR) is 74.3 cm³/mol. The number of rotatable bonds is 6. The molecule has 1 amide bonds. The number of methoxy groups -OCH3 is 1. The second-order valence-corrected chi connectivity index (χ2v) is 7.02. The molecule has 10 heteroatoms. The van der Waals surface area contributed by atoms with Gasteiger partial charge in [-0.2, -0.15) is 4.31 Å². The van der Waals surface area contributed by atoms with Crippen LogP contribution in [-0.2, 0) is 14.8 Å². The monoisotopic (exact) mass is 317 g/mol. The second kappa shape index (κ2) is 6.08. The molecule has 21 heavy (non-hydrogen) atoms. The van der Waals surface area contributed by atoms with E-state index in [1.807, 2.05) is 0 Å². The Bertz CT molecular complexity index is 608. The zero-order valence-electron chi connectivity index (χ0n) is 12.3.